The third kappa shape index (κ3) is 3.34. The smallest absolute Gasteiger partial charge is 0.185 e. The van der Waals surface area contributed by atoms with Crippen LogP contribution in [-0.4, -0.2) is 43.7 Å². The minimum atomic E-state index is -1.61. The van der Waals surface area contributed by atoms with Gasteiger partial charge in [0.25, 0.3) is 0 Å². The van der Waals surface area contributed by atoms with Gasteiger partial charge in [-0.1, -0.05) is 84.9 Å². The van der Waals surface area contributed by atoms with Crippen LogP contribution < -0.4 is 14.4 Å². The van der Waals surface area contributed by atoms with E-state index in [0.717, 1.165) is 11.3 Å². The molecular formula is C35H27NO5. The van der Waals surface area contributed by atoms with Gasteiger partial charge in [-0.15, -0.1) is 0 Å². The Labute approximate surface area is 237 Å². The summed E-state index contributed by atoms with van der Waals surface area (Å²) in [5.41, 5.74) is 1.95. The fraction of sp³-hybridized carbons (Fsp3) is 0.171. The van der Waals surface area contributed by atoms with Crippen molar-refractivity contribution in [2.45, 2.75) is 18.0 Å². The average molecular weight is 542 g/mol. The van der Waals surface area contributed by atoms with E-state index < -0.39 is 23.4 Å². The maximum absolute atomic E-state index is 14.8. The molecule has 4 aromatic carbocycles. The van der Waals surface area contributed by atoms with Crippen molar-refractivity contribution in [2.75, 3.05) is 19.1 Å². The fourth-order valence-corrected chi connectivity index (χ4v) is 7.12. The number of hydrogen-bond donors (Lipinski definition) is 0. The highest BCUT2D eigenvalue weighted by Gasteiger charge is 2.72. The molecule has 7 rings (SSSR count). The Kier molecular flexibility index (Phi) is 5.68. The third-order valence-corrected chi connectivity index (χ3v) is 8.81. The van der Waals surface area contributed by atoms with Gasteiger partial charge in [0.1, 0.15) is 23.0 Å². The number of nitrogens with zero attached hydrogens (tertiary/aromatic N) is 1. The Morgan fingerprint density at radius 1 is 0.780 bits per heavy atom. The maximum Gasteiger partial charge on any atom is 0.185 e. The SMILES string of the molecule is COc1ccc(OC)c([C@H]2[C@H](C(=O)c3ccccc3)N3c4ccccc4C=CC3C23C(=O)c2ccccc2C3=O)c1. The number of Topliss-reactive ketones (excluding diaryl/α,β-unsaturated/α-hetero) is 3. The molecule has 6 nitrogen and oxygen atoms in total. The van der Waals surface area contributed by atoms with Crippen LogP contribution in [0.3, 0.4) is 0 Å². The summed E-state index contributed by atoms with van der Waals surface area (Å²) in [4.78, 5) is 46.3. The van der Waals surface area contributed by atoms with Crippen LogP contribution >= 0.6 is 0 Å². The molecule has 3 atom stereocenters. The summed E-state index contributed by atoms with van der Waals surface area (Å²) in [6.45, 7) is 0. The summed E-state index contributed by atoms with van der Waals surface area (Å²) in [5, 5.41) is 0. The lowest BCUT2D eigenvalue weighted by Crippen LogP contribution is -2.48. The molecular weight excluding hydrogens is 514 g/mol. The van der Waals surface area contributed by atoms with Gasteiger partial charge in [-0.25, -0.2) is 0 Å². The molecule has 202 valence electrons. The number of benzene rings is 4. The monoisotopic (exact) mass is 541 g/mol. The van der Waals surface area contributed by atoms with E-state index in [1.807, 2.05) is 59.5 Å². The van der Waals surface area contributed by atoms with Crippen molar-refractivity contribution in [3.05, 3.63) is 131 Å². The van der Waals surface area contributed by atoms with Gasteiger partial charge in [-0.2, -0.15) is 0 Å². The van der Waals surface area contributed by atoms with E-state index in [1.165, 1.54) is 0 Å². The second kappa shape index (κ2) is 9.30. The van der Waals surface area contributed by atoms with Crippen LogP contribution in [0.4, 0.5) is 5.69 Å². The molecule has 6 heteroatoms. The molecule has 0 bridgehead atoms. The Morgan fingerprint density at radius 2 is 1.44 bits per heavy atom. The topological polar surface area (TPSA) is 72.9 Å². The van der Waals surface area contributed by atoms with Crippen molar-refractivity contribution in [1.29, 1.82) is 0 Å². The number of ether oxygens (including phenoxy) is 2. The van der Waals surface area contributed by atoms with Crippen molar-refractivity contribution in [3.63, 3.8) is 0 Å². The minimum absolute atomic E-state index is 0.177. The first-order valence-corrected chi connectivity index (χ1v) is 13.6. The number of rotatable bonds is 5. The molecule has 41 heavy (non-hydrogen) atoms. The number of para-hydroxylation sites is 1. The number of methoxy groups -OCH3 is 2. The molecule has 0 aromatic heterocycles. The van der Waals surface area contributed by atoms with Gasteiger partial charge < -0.3 is 14.4 Å². The van der Waals surface area contributed by atoms with Crippen LogP contribution in [0.25, 0.3) is 6.08 Å². The minimum Gasteiger partial charge on any atom is -0.497 e. The summed E-state index contributed by atoms with van der Waals surface area (Å²) in [6, 6.07) is 27.5. The molecule has 0 radical (unpaired) electrons. The van der Waals surface area contributed by atoms with Crippen LogP contribution in [0.1, 0.15) is 48.1 Å². The Hall–Kier alpha value is -4.97. The highest BCUT2D eigenvalue weighted by Crippen LogP contribution is 2.62. The highest BCUT2D eigenvalue weighted by molar-refractivity contribution is 6.32. The van der Waals surface area contributed by atoms with Crippen molar-refractivity contribution >= 4 is 29.1 Å². The third-order valence-electron chi connectivity index (χ3n) is 8.81. The van der Waals surface area contributed by atoms with Gasteiger partial charge in [-0.3, -0.25) is 14.4 Å². The van der Waals surface area contributed by atoms with E-state index in [9.17, 15) is 14.4 Å². The molecule has 1 spiro atoms. The number of hydrogen-bond acceptors (Lipinski definition) is 6. The van der Waals surface area contributed by atoms with Gasteiger partial charge in [-0.05, 0) is 29.8 Å². The van der Waals surface area contributed by atoms with Crippen molar-refractivity contribution in [1.82, 2.24) is 0 Å². The van der Waals surface area contributed by atoms with Crippen LogP contribution in [0.15, 0.2) is 103 Å². The molecule has 2 aliphatic heterocycles. The molecule has 2 heterocycles. The molecule has 1 saturated heterocycles. The van der Waals surface area contributed by atoms with Crippen molar-refractivity contribution in [3.8, 4) is 11.5 Å². The quantitative estimate of drug-likeness (QED) is 0.227. The maximum atomic E-state index is 14.8. The van der Waals surface area contributed by atoms with Crippen LogP contribution in [-0.2, 0) is 0 Å². The molecule has 0 saturated carbocycles. The number of anilines is 1. The lowest BCUT2D eigenvalue weighted by Gasteiger charge is -2.37. The second-order valence-corrected chi connectivity index (χ2v) is 10.6. The lowest BCUT2D eigenvalue weighted by molar-refractivity contribution is 0.0664. The average Bonchev–Trinajstić information content (AvgIpc) is 3.46. The fourth-order valence-electron chi connectivity index (χ4n) is 7.12. The molecule has 1 aliphatic carbocycles. The first-order chi connectivity index (χ1) is 20.0. The first-order valence-electron chi connectivity index (χ1n) is 13.6. The van der Waals surface area contributed by atoms with Gasteiger partial charge in [0.2, 0.25) is 0 Å². The zero-order chi connectivity index (χ0) is 28.3. The first kappa shape index (κ1) is 25.0. The number of carbonyl (C=O) groups excluding carboxylic acids is 3. The summed E-state index contributed by atoms with van der Waals surface area (Å²) in [7, 11) is 3.11. The second-order valence-electron chi connectivity index (χ2n) is 10.6. The highest BCUT2D eigenvalue weighted by atomic mass is 16.5. The van der Waals surface area contributed by atoms with Gasteiger partial charge in [0.15, 0.2) is 17.3 Å². The van der Waals surface area contributed by atoms with Gasteiger partial charge >= 0.3 is 0 Å². The molecule has 1 fully saturated rings. The number of ketones is 3. The normalized spacial score (nSPS) is 21.4. The van der Waals surface area contributed by atoms with E-state index in [-0.39, 0.29) is 17.3 Å². The lowest BCUT2D eigenvalue weighted by atomic mass is 9.64. The summed E-state index contributed by atoms with van der Waals surface area (Å²) in [5.74, 6) is -0.601. The summed E-state index contributed by atoms with van der Waals surface area (Å²) in [6.07, 6.45) is 3.87. The van der Waals surface area contributed by atoms with Crippen LogP contribution in [0.5, 0.6) is 11.5 Å². The van der Waals surface area contributed by atoms with E-state index in [4.69, 9.17) is 9.47 Å². The van der Waals surface area contributed by atoms with E-state index >= 15 is 0 Å². The number of carbonyl (C=O) groups is 3. The summed E-state index contributed by atoms with van der Waals surface area (Å²) < 4.78 is 11.4. The standard InChI is InChI=1S/C35H27NO5/c1-40-23-17-18-28(41-2)26(20-23)30-31(32(37)22-11-4-3-5-12-22)36-27-15-9-6-10-21(27)16-19-29(36)35(30)33(38)24-13-7-8-14-25(24)34(35)39/h3-20,29-31H,1-2H3/t29?,30-,31+/m0/s1. The predicted molar refractivity (Wildman–Crippen MR) is 156 cm³/mol. The molecule has 3 aliphatic rings. The Balaban J connectivity index is 1.59. The zero-order valence-corrected chi connectivity index (χ0v) is 22.6. The summed E-state index contributed by atoms with van der Waals surface area (Å²) >= 11 is 0. The van der Waals surface area contributed by atoms with Gasteiger partial charge in [0.05, 0.1) is 20.3 Å². The predicted octanol–water partition coefficient (Wildman–Crippen LogP) is 6.02. The van der Waals surface area contributed by atoms with Gasteiger partial charge in [0, 0.05) is 33.9 Å². The number of fused-ring (bicyclic) bond motifs is 5. The molecule has 4 aromatic rings. The van der Waals surface area contributed by atoms with Crippen LogP contribution in [0, 0.1) is 5.41 Å². The Morgan fingerprint density at radius 3 is 2.12 bits per heavy atom. The molecule has 0 N–H and O–H groups in total. The van der Waals surface area contributed by atoms with E-state index in [0.29, 0.717) is 33.8 Å². The van der Waals surface area contributed by atoms with Crippen molar-refractivity contribution < 1.29 is 23.9 Å². The van der Waals surface area contributed by atoms with Crippen molar-refractivity contribution in [2.24, 2.45) is 5.41 Å². The van der Waals surface area contributed by atoms with Crippen LogP contribution in [0.2, 0.25) is 0 Å². The largest absolute Gasteiger partial charge is 0.497 e. The van der Waals surface area contributed by atoms with E-state index in [2.05, 4.69) is 0 Å². The van der Waals surface area contributed by atoms with E-state index in [1.54, 1.807) is 68.8 Å². The zero-order valence-electron chi connectivity index (χ0n) is 22.6. The molecule has 0 amide bonds. The molecule has 1 unspecified atom stereocenters. The Bertz CT molecular complexity index is 1720.